The van der Waals surface area contributed by atoms with Gasteiger partial charge in [0.05, 0.1) is 12.1 Å². The highest BCUT2D eigenvalue weighted by atomic mass is 16.1. The van der Waals surface area contributed by atoms with Gasteiger partial charge < -0.3 is 0 Å². The van der Waals surface area contributed by atoms with Crippen molar-refractivity contribution in [2.24, 2.45) is 21.1 Å². The third-order valence-corrected chi connectivity index (χ3v) is 4.32. The summed E-state index contributed by atoms with van der Waals surface area (Å²) in [4.78, 5) is 24.2. The summed E-state index contributed by atoms with van der Waals surface area (Å²) in [6.07, 6.45) is 0.924. The first kappa shape index (κ1) is 23.9. The third-order valence-electron chi connectivity index (χ3n) is 4.32. The number of hydrogen-bond donors (Lipinski definition) is 0. The van der Waals surface area contributed by atoms with Crippen LogP contribution < -0.4 is 0 Å². The minimum atomic E-state index is -1.17. The van der Waals surface area contributed by atoms with E-state index in [0.717, 1.165) is 0 Å². The summed E-state index contributed by atoms with van der Waals surface area (Å²) >= 11 is 0. The van der Waals surface area contributed by atoms with Crippen LogP contribution in [0.4, 0.5) is 0 Å². The summed E-state index contributed by atoms with van der Waals surface area (Å²) in [5, 5.41) is 27.1. The fraction of sp³-hybridized carbons (Fsp3) is 0.800. The quantitative estimate of drug-likeness (QED) is 0.580. The smallest absolute Gasteiger partial charge is 0.165 e. The van der Waals surface area contributed by atoms with E-state index >= 15 is 0 Å². The summed E-state index contributed by atoms with van der Waals surface area (Å²) in [6.45, 7) is 14.2. The first-order valence-electron chi connectivity index (χ1n) is 8.92. The van der Waals surface area contributed by atoms with Crippen LogP contribution in [0.2, 0.25) is 0 Å². The molecule has 0 bridgehead atoms. The van der Waals surface area contributed by atoms with Crippen LogP contribution in [-0.2, 0) is 9.59 Å². The van der Waals surface area contributed by atoms with E-state index in [4.69, 9.17) is 0 Å². The van der Waals surface area contributed by atoms with E-state index in [1.807, 2.05) is 41.5 Å². The van der Waals surface area contributed by atoms with Gasteiger partial charge in [0, 0.05) is 23.7 Å². The number of nitriles is 2. The van der Waals surface area contributed by atoms with Crippen molar-refractivity contribution in [3.63, 3.8) is 0 Å². The number of Topliss-reactive ketones (excluding diaryl/α,β-unsaturated/α-hetero) is 2. The van der Waals surface area contributed by atoms with Crippen LogP contribution in [0, 0.1) is 33.5 Å². The lowest BCUT2D eigenvalue weighted by Crippen LogP contribution is -2.28. The van der Waals surface area contributed by atoms with Gasteiger partial charge in [-0.05, 0) is 26.7 Å². The molecule has 0 aromatic rings. The van der Waals surface area contributed by atoms with Gasteiger partial charge in [-0.1, -0.05) is 41.5 Å². The molecule has 6 nitrogen and oxygen atoms in total. The Morgan fingerprint density at radius 1 is 0.692 bits per heavy atom. The number of nitrogens with zero attached hydrogens (tertiary/aromatic N) is 4. The Bertz CT molecular complexity index is 585. The normalized spacial score (nSPS) is 17.0. The molecule has 144 valence electrons. The topological polar surface area (TPSA) is 106 Å². The largest absolute Gasteiger partial charge is 0.299 e. The molecule has 0 aliphatic rings. The molecule has 26 heavy (non-hydrogen) atoms. The molecule has 0 aliphatic carbocycles. The Morgan fingerprint density at radius 2 is 0.962 bits per heavy atom. The summed E-state index contributed by atoms with van der Waals surface area (Å²) in [7, 11) is 0. The Labute approximate surface area is 157 Å². The van der Waals surface area contributed by atoms with Gasteiger partial charge in [0.15, 0.2) is 11.1 Å². The molecule has 0 rings (SSSR count). The fourth-order valence-corrected chi connectivity index (χ4v) is 1.94. The fourth-order valence-electron chi connectivity index (χ4n) is 1.94. The average Bonchev–Trinajstić information content (AvgIpc) is 2.53. The SMILES string of the molecule is CC(C#N)(CCC(=O)C(C)(C)C)N=NC(C)(C#N)CCC(=O)C(C)(C)C. The van der Waals surface area contributed by atoms with Crippen molar-refractivity contribution in [1.82, 2.24) is 0 Å². The molecular formula is C20H32N4O2. The lowest BCUT2D eigenvalue weighted by molar-refractivity contribution is -0.127. The first-order valence-corrected chi connectivity index (χ1v) is 8.92. The predicted molar refractivity (Wildman–Crippen MR) is 100 cm³/mol. The van der Waals surface area contributed by atoms with Crippen LogP contribution >= 0.6 is 0 Å². The minimum Gasteiger partial charge on any atom is -0.299 e. The summed E-state index contributed by atoms with van der Waals surface area (Å²) < 4.78 is 0. The number of rotatable bonds is 8. The van der Waals surface area contributed by atoms with Crippen molar-refractivity contribution >= 4 is 11.6 Å². The van der Waals surface area contributed by atoms with E-state index in [1.165, 1.54) is 0 Å². The van der Waals surface area contributed by atoms with E-state index in [1.54, 1.807) is 13.8 Å². The summed E-state index contributed by atoms with van der Waals surface area (Å²) in [5.41, 5.74) is -3.29. The second kappa shape index (κ2) is 8.54. The maximum Gasteiger partial charge on any atom is 0.165 e. The van der Waals surface area contributed by atoms with E-state index < -0.39 is 21.9 Å². The van der Waals surface area contributed by atoms with Crippen molar-refractivity contribution < 1.29 is 9.59 Å². The Morgan fingerprint density at radius 3 is 1.15 bits per heavy atom. The maximum absolute atomic E-state index is 12.1. The number of ketones is 2. The van der Waals surface area contributed by atoms with Gasteiger partial charge in [0.25, 0.3) is 0 Å². The molecule has 0 fully saturated rings. The van der Waals surface area contributed by atoms with Gasteiger partial charge >= 0.3 is 0 Å². The molecule has 0 saturated carbocycles. The highest BCUT2D eigenvalue weighted by molar-refractivity contribution is 5.84. The molecular weight excluding hydrogens is 328 g/mol. The highest BCUT2D eigenvalue weighted by Gasteiger charge is 2.32. The average molecular weight is 361 g/mol. The zero-order chi connectivity index (χ0) is 20.8. The molecule has 0 amide bonds. The molecule has 0 aliphatic heterocycles. The lowest BCUT2D eigenvalue weighted by Gasteiger charge is -2.22. The van der Waals surface area contributed by atoms with Crippen LogP contribution in [0.5, 0.6) is 0 Å². The van der Waals surface area contributed by atoms with Crippen molar-refractivity contribution in [1.29, 1.82) is 10.5 Å². The van der Waals surface area contributed by atoms with Crippen LogP contribution in [0.3, 0.4) is 0 Å². The predicted octanol–water partition coefficient (Wildman–Crippen LogP) is 4.79. The van der Waals surface area contributed by atoms with Gasteiger partial charge in [-0.3, -0.25) is 9.59 Å². The van der Waals surface area contributed by atoms with Crippen molar-refractivity contribution in [2.45, 2.75) is 92.2 Å². The highest BCUT2D eigenvalue weighted by Crippen LogP contribution is 2.27. The monoisotopic (exact) mass is 360 g/mol. The van der Waals surface area contributed by atoms with Crippen molar-refractivity contribution in [3.8, 4) is 12.1 Å². The second-order valence-corrected chi connectivity index (χ2v) is 9.32. The second-order valence-electron chi connectivity index (χ2n) is 9.32. The minimum absolute atomic E-state index is 0.0491. The molecule has 2 unspecified atom stereocenters. The first-order chi connectivity index (χ1) is 11.6. The number of carbonyl (C=O) groups is 2. The zero-order valence-corrected chi connectivity index (χ0v) is 17.4. The molecule has 0 aromatic heterocycles. The molecule has 0 heterocycles. The standard InChI is InChI=1S/C20H32N4O2/c1-17(2,3)15(25)9-11-19(7,13-21)23-24-20(8,14-22)12-10-16(26)18(4,5)6/h9-12H2,1-8H3. The molecule has 0 radical (unpaired) electrons. The molecule has 2 atom stereocenters. The summed E-state index contributed by atoms with van der Waals surface area (Å²) in [5.74, 6) is 0.0981. The maximum atomic E-state index is 12.1. The Balaban J connectivity index is 5.12. The summed E-state index contributed by atoms with van der Waals surface area (Å²) in [6, 6.07) is 4.16. The van der Waals surface area contributed by atoms with Crippen molar-refractivity contribution in [2.75, 3.05) is 0 Å². The van der Waals surface area contributed by atoms with Crippen LogP contribution in [0.25, 0.3) is 0 Å². The lowest BCUT2D eigenvalue weighted by atomic mass is 9.85. The van der Waals surface area contributed by atoms with Crippen LogP contribution in [-0.4, -0.2) is 22.6 Å². The molecule has 0 aromatic carbocycles. The van der Waals surface area contributed by atoms with Crippen LogP contribution in [0.15, 0.2) is 10.2 Å². The van der Waals surface area contributed by atoms with E-state index in [2.05, 4.69) is 22.4 Å². The van der Waals surface area contributed by atoms with Gasteiger partial charge in [-0.25, -0.2) is 0 Å². The number of hydrogen-bond acceptors (Lipinski definition) is 6. The molecule has 0 saturated heterocycles. The molecule has 0 N–H and O–H groups in total. The van der Waals surface area contributed by atoms with Gasteiger partial charge in [-0.15, -0.1) is 0 Å². The van der Waals surface area contributed by atoms with E-state index in [-0.39, 0.29) is 37.2 Å². The van der Waals surface area contributed by atoms with Gasteiger partial charge in [-0.2, -0.15) is 20.8 Å². The van der Waals surface area contributed by atoms with Crippen LogP contribution in [0.1, 0.15) is 81.1 Å². The Hall–Kier alpha value is -2.08. The Kier molecular flexibility index (Phi) is 7.85. The van der Waals surface area contributed by atoms with E-state index in [0.29, 0.717) is 0 Å². The molecule has 6 heteroatoms. The number of carbonyl (C=O) groups excluding carboxylic acids is 2. The zero-order valence-electron chi connectivity index (χ0n) is 17.4. The third kappa shape index (κ3) is 7.87. The van der Waals surface area contributed by atoms with Crippen molar-refractivity contribution in [3.05, 3.63) is 0 Å². The van der Waals surface area contributed by atoms with Gasteiger partial charge in [0.1, 0.15) is 11.6 Å². The molecule has 0 spiro atoms. The van der Waals surface area contributed by atoms with Gasteiger partial charge in [0.2, 0.25) is 0 Å². The number of azo groups is 1. The van der Waals surface area contributed by atoms with E-state index in [9.17, 15) is 20.1 Å².